The largest absolute Gasteiger partial charge is 0.481 e. The van der Waals surface area contributed by atoms with Crippen molar-refractivity contribution in [3.8, 4) is 0 Å². The van der Waals surface area contributed by atoms with Crippen LogP contribution in [0.1, 0.15) is 106 Å². The third-order valence-corrected chi connectivity index (χ3v) is 21.5. The quantitative estimate of drug-likeness (QED) is 0.0647. The maximum atomic E-state index is 15.5. The Labute approximate surface area is 457 Å². The molecule has 9 aliphatic rings. The Balaban J connectivity index is 0.976. The van der Waals surface area contributed by atoms with Crippen molar-refractivity contribution in [2.75, 3.05) is 26.4 Å². The van der Waals surface area contributed by atoms with Crippen LogP contribution in [0.3, 0.4) is 0 Å². The van der Waals surface area contributed by atoms with Crippen LogP contribution in [0.4, 0.5) is 0 Å². The molecule has 0 aromatic carbocycles. The van der Waals surface area contributed by atoms with E-state index < -0.39 is 189 Å². The average Bonchev–Trinajstić information content (AvgIpc) is 3.51. The van der Waals surface area contributed by atoms with Gasteiger partial charge in [0.1, 0.15) is 97.7 Å². The highest BCUT2D eigenvalue weighted by Crippen LogP contribution is 2.76. The Bertz CT molecular complexity index is 2220. The molecule has 9 rings (SSSR count). The van der Waals surface area contributed by atoms with Crippen LogP contribution in [0.15, 0.2) is 11.6 Å². The number of rotatable bonds is 13. The molecule has 4 heterocycles. The summed E-state index contributed by atoms with van der Waals surface area (Å²) in [7, 11) is 0. The molecule has 3 unspecified atom stereocenters. The van der Waals surface area contributed by atoms with Crippen LogP contribution in [0.25, 0.3) is 0 Å². The standard InChI is InChI=1S/C54H86O25/c1-49(2)13-15-54(16-14-51(4)22(23(54)17-49)7-8-28-50(3)11-10-30(57)53(6,47(69)70)29(50)9-12-52(28,51)5)48(71)79-46-41(68)42(78-45-40(67)36(63)32(59)25(19-56)75-45)34(61)27(77-46)21-73-44-39(66)37(64)33(60)26(76-44)20-72-43-38(65)35(62)31(58)24(18-55)74-43/h7,23-46,55-68H,8-21H2,1-6H3,(H,69,70)/t23?,24-,25-,26-,27-,28?,29?,30+,31-,32-,33-,34-,35+,36+,37+,38-,39-,40-,41-,42+,43-,44-,45+,46+,50-,51-,52-,53+,54+/m1/s1. The molecule has 0 bridgehead atoms. The fraction of sp³-hybridized carbons (Fsp3) is 0.926. The van der Waals surface area contributed by atoms with Crippen molar-refractivity contribution in [3.05, 3.63) is 11.6 Å². The number of esters is 1. The summed E-state index contributed by atoms with van der Waals surface area (Å²) in [5, 5.41) is 161. The third kappa shape index (κ3) is 10.1. The Hall–Kier alpha value is -2.16. The summed E-state index contributed by atoms with van der Waals surface area (Å²) >= 11 is 0. The normalized spacial score (nSPS) is 53.5. The Morgan fingerprint density at radius 2 is 1.06 bits per heavy atom. The van der Waals surface area contributed by atoms with Gasteiger partial charge in [-0.15, -0.1) is 0 Å². The van der Waals surface area contributed by atoms with Gasteiger partial charge in [0.2, 0.25) is 6.29 Å². The zero-order valence-electron chi connectivity index (χ0n) is 45.6. The van der Waals surface area contributed by atoms with Gasteiger partial charge in [0.15, 0.2) is 18.9 Å². The van der Waals surface area contributed by atoms with Crippen molar-refractivity contribution in [1.29, 1.82) is 0 Å². The topological polar surface area (TPSA) is 411 Å². The molecule has 15 N–H and O–H groups in total. The van der Waals surface area contributed by atoms with Crippen molar-refractivity contribution in [1.82, 2.24) is 0 Å². The van der Waals surface area contributed by atoms with Crippen LogP contribution in [0.2, 0.25) is 0 Å². The Morgan fingerprint density at radius 3 is 1.63 bits per heavy atom. The smallest absolute Gasteiger partial charge is 0.315 e. The first-order valence-electron chi connectivity index (χ1n) is 28.0. The van der Waals surface area contributed by atoms with Crippen LogP contribution in [0, 0.1) is 50.2 Å². The molecule has 452 valence electrons. The Kier molecular flexibility index (Phi) is 17.4. The van der Waals surface area contributed by atoms with Gasteiger partial charge in [0.05, 0.1) is 43.4 Å². The number of allylic oxidation sites excluding steroid dienone is 2. The van der Waals surface area contributed by atoms with Crippen LogP contribution in [-0.2, 0) is 47.5 Å². The molecule has 29 atom stereocenters. The van der Waals surface area contributed by atoms with Gasteiger partial charge in [-0.05, 0) is 111 Å². The molecule has 8 fully saturated rings. The summed E-state index contributed by atoms with van der Waals surface area (Å²) in [6.45, 7) is 9.67. The van der Waals surface area contributed by atoms with E-state index in [1.54, 1.807) is 6.92 Å². The van der Waals surface area contributed by atoms with E-state index in [4.69, 9.17) is 37.9 Å². The first-order valence-corrected chi connectivity index (χ1v) is 28.0. The lowest BCUT2D eigenvalue weighted by Crippen LogP contribution is -2.67. The summed E-state index contributed by atoms with van der Waals surface area (Å²) in [6.07, 6.45) is -29.4. The second kappa shape index (κ2) is 22.4. The first-order chi connectivity index (χ1) is 37.0. The highest BCUT2D eigenvalue weighted by Gasteiger charge is 2.71. The van der Waals surface area contributed by atoms with E-state index in [9.17, 15) is 81.4 Å². The van der Waals surface area contributed by atoms with E-state index >= 15 is 4.79 Å². The molecular formula is C54H86O25. The molecule has 79 heavy (non-hydrogen) atoms. The second-order valence-electron chi connectivity index (χ2n) is 26.1. The number of aliphatic hydroxyl groups excluding tert-OH is 14. The van der Waals surface area contributed by atoms with Crippen molar-refractivity contribution in [3.63, 3.8) is 0 Å². The maximum absolute atomic E-state index is 15.5. The number of carbonyl (C=O) groups excluding carboxylic acids is 1. The predicted octanol–water partition coefficient (Wildman–Crippen LogP) is -2.97. The van der Waals surface area contributed by atoms with E-state index in [0.717, 1.165) is 5.57 Å². The van der Waals surface area contributed by atoms with Crippen molar-refractivity contribution in [2.45, 2.75) is 235 Å². The fourth-order valence-electron chi connectivity index (χ4n) is 16.2. The summed E-state index contributed by atoms with van der Waals surface area (Å²) in [5.41, 5.74) is -2.77. The summed E-state index contributed by atoms with van der Waals surface area (Å²) in [6, 6.07) is 0. The summed E-state index contributed by atoms with van der Waals surface area (Å²) in [4.78, 5) is 28.4. The minimum absolute atomic E-state index is 0.0657. The highest BCUT2D eigenvalue weighted by atomic mass is 16.8. The van der Waals surface area contributed by atoms with Crippen molar-refractivity contribution < 1.29 is 124 Å². The minimum atomic E-state index is -2.06. The lowest BCUT2D eigenvalue weighted by atomic mass is 9.33. The number of carboxylic acids is 1. The van der Waals surface area contributed by atoms with E-state index in [1.807, 2.05) is 0 Å². The molecule has 4 saturated carbocycles. The molecular weight excluding hydrogens is 1050 g/mol. The molecule has 0 amide bonds. The van der Waals surface area contributed by atoms with E-state index in [2.05, 4.69) is 40.7 Å². The predicted molar refractivity (Wildman–Crippen MR) is 265 cm³/mol. The van der Waals surface area contributed by atoms with Gasteiger partial charge in [0, 0.05) is 0 Å². The molecule has 25 heteroatoms. The monoisotopic (exact) mass is 1130 g/mol. The SMILES string of the molecule is CC1(C)CC[C@]2(C(=O)O[C@@H]3O[C@H](CO[C@@H]4O[C@H](CO[C@@H]5O[C@H](CO)[C@@H](O)[C@H](O)[C@H]5O)[C@@H](O)[C@H](O)[C@H]4O)[C@@H](O)[C@H](O[C@@H]4O[C@H](CO)[C@@H](O)[C@H](O)[C@H]4O)[C@H]3O)CC[C@]3(C)C(=CCC4[C@@]5(C)CC[C@H](O)[C@@](C)(C(=O)O)C5CC[C@]43C)C2C1. The molecule has 0 aromatic rings. The molecule has 0 radical (unpaired) electrons. The Morgan fingerprint density at radius 1 is 0.557 bits per heavy atom. The zero-order valence-corrected chi connectivity index (χ0v) is 45.6. The molecule has 4 aliphatic heterocycles. The van der Waals surface area contributed by atoms with Crippen LogP contribution >= 0.6 is 0 Å². The van der Waals surface area contributed by atoms with E-state index in [1.165, 1.54) is 0 Å². The number of ether oxygens (including phenoxy) is 8. The first kappa shape index (κ1) is 61.4. The average molecular weight is 1140 g/mol. The molecule has 0 aromatic heterocycles. The van der Waals surface area contributed by atoms with Crippen molar-refractivity contribution >= 4 is 11.9 Å². The lowest BCUT2D eigenvalue weighted by molar-refractivity contribution is -0.364. The number of hydrogen-bond donors (Lipinski definition) is 15. The molecule has 4 saturated heterocycles. The van der Waals surface area contributed by atoms with Gasteiger partial charge in [-0.25, -0.2) is 0 Å². The summed E-state index contributed by atoms with van der Waals surface area (Å²) < 4.78 is 46.6. The van der Waals surface area contributed by atoms with Gasteiger partial charge >= 0.3 is 11.9 Å². The van der Waals surface area contributed by atoms with Crippen LogP contribution < -0.4 is 0 Å². The molecule has 0 spiro atoms. The number of carboxylic acid groups (broad SMARTS) is 1. The van der Waals surface area contributed by atoms with Gasteiger partial charge < -0.3 is 114 Å². The van der Waals surface area contributed by atoms with Crippen LogP contribution in [0.5, 0.6) is 0 Å². The number of aliphatic hydroxyl groups is 14. The van der Waals surface area contributed by atoms with Crippen molar-refractivity contribution in [2.24, 2.45) is 50.2 Å². The highest BCUT2D eigenvalue weighted by molar-refractivity contribution is 5.79. The van der Waals surface area contributed by atoms with E-state index in [0.29, 0.717) is 64.2 Å². The second-order valence-corrected chi connectivity index (χ2v) is 26.1. The number of fused-ring (bicyclic) bond motifs is 7. The van der Waals surface area contributed by atoms with Crippen LogP contribution in [-0.4, -0.2) is 244 Å². The zero-order chi connectivity index (χ0) is 57.9. The van der Waals surface area contributed by atoms with E-state index in [-0.39, 0.29) is 28.6 Å². The maximum Gasteiger partial charge on any atom is 0.315 e. The number of carbonyl (C=O) groups is 2. The fourth-order valence-corrected chi connectivity index (χ4v) is 16.2. The third-order valence-electron chi connectivity index (χ3n) is 21.5. The van der Waals surface area contributed by atoms with Gasteiger partial charge in [-0.3, -0.25) is 9.59 Å². The van der Waals surface area contributed by atoms with Gasteiger partial charge in [0.25, 0.3) is 0 Å². The minimum Gasteiger partial charge on any atom is -0.481 e. The summed E-state index contributed by atoms with van der Waals surface area (Å²) in [5.74, 6) is -2.27. The lowest BCUT2D eigenvalue weighted by Gasteiger charge is -2.71. The molecule has 5 aliphatic carbocycles. The van der Waals surface area contributed by atoms with Gasteiger partial charge in [-0.2, -0.15) is 0 Å². The molecule has 25 nitrogen and oxygen atoms in total. The van der Waals surface area contributed by atoms with Gasteiger partial charge in [-0.1, -0.05) is 46.3 Å². The number of aliphatic carboxylic acids is 1. The number of hydrogen-bond acceptors (Lipinski definition) is 24.